The van der Waals surface area contributed by atoms with Gasteiger partial charge in [-0.15, -0.1) is 0 Å². The number of anilines is 1. The first-order chi connectivity index (χ1) is 14.9. The number of aliphatic hydroxyl groups excluding tert-OH is 1. The van der Waals surface area contributed by atoms with Gasteiger partial charge in [-0.3, -0.25) is 9.48 Å². The zero-order valence-electron chi connectivity index (χ0n) is 18.3. The van der Waals surface area contributed by atoms with E-state index in [-0.39, 0.29) is 24.6 Å². The molecule has 3 heterocycles. The number of rotatable bonds is 5. The molecule has 0 unspecified atom stereocenters. The molecular weight excluding hydrogens is 394 g/mol. The highest BCUT2D eigenvalue weighted by atomic mass is 16.5. The first-order valence-corrected chi connectivity index (χ1v) is 10.5. The molecule has 3 aromatic rings. The highest BCUT2D eigenvalue weighted by Gasteiger charge is 2.30. The van der Waals surface area contributed by atoms with Crippen molar-refractivity contribution in [2.75, 3.05) is 11.5 Å². The van der Waals surface area contributed by atoms with Gasteiger partial charge in [0.05, 0.1) is 25.0 Å². The molecule has 0 fully saturated rings. The minimum atomic E-state index is 0.00515. The van der Waals surface area contributed by atoms with Crippen LogP contribution in [-0.4, -0.2) is 43.4 Å². The Balaban J connectivity index is 1.87. The Hall–Kier alpha value is -3.26. The summed E-state index contributed by atoms with van der Waals surface area (Å²) in [5.41, 5.74) is 5.18. The van der Waals surface area contributed by atoms with E-state index in [1.807, 2.05) is 43.1 Å². The summed E-state index contributed by atoms with van der Waals surface area (Å²) in [5.74, 6) is 0.648. The Bertz CT molecular complexity index is 1100. The Kier molecular flexibility index (Phi) is 5.73. The molecule has 8 heteroatoms. The summed E-state index contributed by atoms with van der Waals surface area (Å²) in [4.78, 5) is 23.1. The van der Waals surface area contributed by atoms with Gasteiger partial charge in [-0.1, -0.05) is 0 Å². The molecule has 8 nitrogen and oxygen atoms in total. The summed E-state index contributed by atoms with van der Waals surface area (Å²) >= 11 is 0. The Morgan fingerprint density at radius 3 is 2.68 bits per heavy atom. The lowest BCUT2D eigenvalue weighted by atomic mass is 9.92. The summed E-state index contributed by atoms with van der Waals surface area (Å²) in [6.07, 6.45) is 5.24. The van der Waals surface area contributed by atoms with Crippen molar-refractivity contribution in [1.29, 1.82) is 0 Å². The molecule has 2 aromatic heterocycles. The van der Waals surface area contributed by atoms with Gasteiger partial charge in [0.25, 0.3) is 0 Å². The number of nitrogens with zero attached hydrogens (tertiary/aromatic N) is 5. The summed E-state index contributed by atoms with van der Waals surface area (Å²) in [6, 6.07) is 6.22. The highest BCUT2D eigenvalue weighted by Crippen LogP contribution is 2.44. The molecule has 0 spiro atoms. The number of hydrogen-bond donors (Lipinski definition) is 1. The number of ether oxygens (including phenoxy) is 1. The van der Waals surface area contributed by atoms with Crippen molar-refractivity contribution >= 4 is 11.6 Å². The normalized spacial score (nSPS) is 15.6. The topological polar surface area (TPSA) is 93.4 Å². The van der Waals surface area contributed by atoms with Crippen molar-refractivity contribution in [1.82, 2.24) is 19.7 Å². The molecule has 1 N–H and O–H groups in total. The molecule has 4 rings (SSSR count). The summed E-state index contributed by atoms with van der Waals surface area (Å²) < 4.78 is 8.00. The van der Waals surface area contributed by atoms with Gasteiger partial charge in [-0.05, 0) is 51.8 Å². The van der Waals surface area contributed by atoms with Gasteiger partial charge in [0.15, 0.2) is 0 Å². The number of aliphatic hydroxyl groups is 1. The SMILES string of the molecule is CC(=O)N1c2ccc(-c3cnn(CCO)c3)c(Oc3nc(C)cc(C)n3)c2CC[C@@H]1C. The van der Waals surface area contributed by atoms with Crippen LogP contribution in [0.25, 0.3) is 11.1 Å². The van der Waals surface area contributed by atoms with E-state index in [0.717, 1.165) is 46.6 Å². The molecule has 31 heavy (non-hydrogen) atoms. The first-order valence-electron chi connectivity index (χ1n) is 10.5. The van der Waals surface area contributed by atoms with Crippen molar-refractivity contribution in [2.45, 2.75) is 53.1 Å². The third-order valence-electron chi connectivity index (χ3n) is 5.52. The minimum Gasteiger partial charge on any atom is -0.423 e. The zero-order valence-corrected chi connectivity index (χ0v) is 18.3. The molecule has 0 bridgehead atoms. The van der Waals surface area contributed by atoms with E-state index in [2.05, 4.69) is 22.0 Å². The predicted octanol–water partition coefficient (Wildman–Crippen LogP) is 3.43. The lowest BCUT2D eigenvalue weighted by Crippen LogP contribution is -2.40. The lowest BCUT2D eigenvalue weighted by Gasteiger charge is -2.35. The molecule has 1 atom stereocenters. The fourth-order valence-corrected chi connectivity index (χ4v) is 4.19. The van der Waals surface area contributed by atoms with Crippen LogP contribution in [-0.2, 0) is 17.8 Å². The van der Waals surface area contributed by atoms with Crippen LogP contribution in [0.2, 0.25) is 0 Å². The zero-order chi connectivity index (χ0) is 22.1. The van der Waals surface area contributed by atoms with Crippen molar-refractivity contribution in [3.8, 4) is 22.9 Å². The van der Waals surface area contributed by atoms with E-state index in [0.29, 0.717) is 12.3 Å². The van der Waals surface area contributed by atoms with E-state index >= 15 is 0 Å². The second-order valence-electron chi connectivity index (χ2n) is 7.97. The van der Waals surface area contributed by atoms with Crippen LogP contribution >= 0.6 is 0 Å². The molecule has 0 saturated heterocycles. The van der Waals surface area contributed by atoms with Gasteiger partial charge in [0, 0.05) is 47.2 Å². The van der Waals surface area contributed by atoms with Gasteiger partial charge in [-0.25, -0.2) is 9.97 Å². The van der Waals surface area contributed by atoms with E-state index in [1.54, 1.807) is 17.8 Å². The Labute approximate surface area is 181 Å². The number of carbonyl (C=O) groups is 1. The third kappa shape index (κ3) is 4.16. The maximum Gasteiger partial charge on any atom is 0.322 e. The minimum absolute atomic E-state index is 0.00515. The molecule has 0 saturated carbocycles. The average molecular weight is 422 g/mol. The maximum atomic E-state index is 12.4. The molecule has 1 aliphatic heterocycles. The third-order valence-corrected chi connectivity index (χ3v) is 5.52. The van der Waals surface area contributed by atoms with Crippen LogP contribution in [0.1, 0.15) is 37.2 Å². The Morgan fingerprint density at radius 2 is 2.00 bits per heavy atom. The van der Waals surface area contributed by atoms with Gasteiger partial charge in [0.2, 0.25) is 5.91 Å². The van der Waals surface area contributed by atoms with Gasteiger partial charge in [0.1, 0.15) is 5.75 Å². The van der Waals surface area contributed by atoms with Crippen LogP contribution in [0, 0.1) is 13.8 Å². The van der Waals surface area contributed by atoms with Crippen LogP contribution in [0.5, 0.6) is 11.8 Å². The van der Waals surface area contributed by atoms with Crippen LogP contribution < -0.4 is 9.64 Å². The Morgan fingerprint density at radius 1 is 1.26 bits per heavy atom. The van der Waals surface area contributed by atoms with Crippen LogP contribution in [0.4, 0.5) is 5.69 Å². The lowest BCUT2D eigenvalue weighted by molar-refractivity contribution is -0.117. The molecule has 1 amide bonds. The van der Waals surface area contributed by atoms with E-state index in [4.69, 9.17) is 4.74 Å². The molecule has 1 aliphatic rings. The van der Waals surface area contributed by atoms with Crippen molar-refractivity contribution < 1.29 is 14.6 Å². The standard InChI is InChI=1S/C23H27N5O3/c1-14-11-15(2)26-23(25-14)31-22-19(18-12-24-27(13-18)9-10-29)7-8-21-20(22)6-5-16(3)28(21)17(4)30/h7-8,11-13,16,29H,5-6,9-10H2,1-4H3/t16-/m0/s1. The molecule has 0 radical (unpaired) electrons. The summed E-state index contributed by atoms with van der Waals surface area (Å²) in [7, 11) is 0. The maximum absolute atomic E-state index is 12.4. The average Bonchev–Trinajstić information content (AvgIpc) is 3.15. The molecule has 0 aliphatic carbocycles. The van der Waals surface area contributed by atoms with Gasteiger partial charge in [-0.2, -0.15) is 5.10 Å². The van der Waals surface area contributed by atoms with Crippen LogP contribution in [0.15, 0.2) is 30.6 Å². The number of amides is 1. The van der Waals surface area contributed by atoms with Crippen LogP contribution in [0.3, 0.4) is 0 Å². The largest absolute Gasteiger partial charge is 0.423 e. The number of aryl methyl sites for hydroxylation is 2. The smallest absolute Gasteiger partial charge is 0.322 e. The first kappa shape index (κ1) is 21.0. The molecule has 162 valence electrons. The quantitative estimate of drug-likeness (QED) is 0.678. The summed E-state index contributed by atoms with van der Waals surface area (Å²) in [5, 5.41) is 13.6. The van der Waals surface area contributed by atoms with E-state index < -0.39 is 0 Å². The second-order valence-corrected chi connectivity index (χ2v) is 7.97. The van der Waals surface area contributed by atoms with E-state index in [1.165, 1.54) is 0 Å². The number of fused-ring (bicyclic) bond motifs is 1. The fraction of sp³-hybridized carbons (Fsp3) is 0.391. The highest BCUT2D eigenvalue weighted by molar-refractivity contribution is 5.95. The van der Waals surface area contributed by atoms with Crippen molar-refractivity contribution in [3.05, 3.63) is 47.5 Å². The number of benzene rings is 1. The van der Waals surface area contributed by atoms with Gasteiger partial charge < -0.3 is 14.7 Å². The fourth-order valence-electron chi connectivity index (χ4n) is 4.19. The predicted molar refractivity (Wildman–Crippen MR) is 117 cm³/mol. The summed E-state index contributed by atoms with van der Waals surface area (Å²) in [6.45, 7) is 7.88. The molecule has 1 aromatic carbocycles. The van der Waals surface area contributed by atoms with Crippen molar-refractivity contribution in [2.24, 2.45) is 0 Å². The number of hydrogen-bond acceptors (Lipinski definition) is 6. The molecular formula is C23H27N5O3. The van der Waals surface area contributed by atoms with E-state index in [9.17, 15) is 9.90 Å². The monoisotopic (exact) mass is 421 g/mol. The number of aromatic nitrogens is 4. The second kappa shape index (κ2) is 8.47. The number of carbonyl (C=O) groups excluding carboxylic acids is 1. The van der Waals surface area contributed by atoms with Crippen molar-refractivity contribution in [3.63, 3.8) is 0 Å². The van der Waals surface area contributed by atoms with Gasteiger partial charge >= 0.3 is 6.01 Å².